The fraction of sp³-hybridized carbons (Fsp3) is 0. The van der Waals surface area contributed by atoms with E-state index in [0.29, 0.717) is 0 Å². The van der Waals surface area contributed by atoms with Crippen molar-refractivity contribution in [3.63, 3.8) is 0 Å². The van der Waals surface area contributed by atoms with Crippen molar-refractivity contribution in [2.45, 2.75) is 0 Å². The van der Waals surface area contributed by atoms with Crippen LogP contribution < -0.4 is 16.5 Å². The van der Waals surface area contributed by atoms with E-state index in [1.54, 1.807) is 0 Å². The molecule has 0 atom stereocenters. The highest BCUT2D eigenvalue weighted by atomic mass is 32.1. The predicted octanol–water partition coefficient (Wildman–Crippen LogP) is 2.75. The van der Waals surface area contributed by atoms with Gasteiger partial charge in [0.25, 0.3) is 0 Å². The second-order valence-electron chi connectivity index (χ2n) is 4.45. The van der Waals surface area contributed by atoms with E-state index in [1.807, 2.05) is 60.7 Å². The van der Waals surface area contributed by atoms with E-state index in [9.17, 15) is 0 Å². The third-order valence-corrected chi connectivity index (χ3v) is 3.09. The summed E-state index contributed by atoms with van der Waals surface area (Å²) in [6.07, 6.45) is 0. The van der Waals surface area contributed by atoms with Crippen molar-refractivity contribution in [1.82, 2.24) is 5.43 Å². The Hall–Kier alpha value is -2.66. The lowest BCUT2D eigenvalue weighted by atomic mass is 10.1. The highest BCUT2D eigenvalue weighted by Gasteiger charge is 2.05. The van der Waals surface area contributed by atoms with E-state index in [1.165, 1.54) is 0 Å². The lowest BCUT2D eigenvalue weighted by Crippen LogP contribution is -2.26. The molecule has 0 saturated carbocycles. The Morgan fingerprint density at radius 3 is 2.52 bits per heavy atom. The van der Waals surface area contributed by atoms with E-state index >= 15 is 0 Å². The number of hydrogen-bond donors (Lipinski definition) is 2. The molecule has 3 aromatic rings. The predicted molar refractivity (Wildman–Crippen MR) is 87.1 cm³/mol. The molecule has 5 heteroatoms. The Balaban J connectivity index is 2.25. The van der Waals surface area contributed by atoms with Crippen molar-refractivity contribution < 1.29 is 4.42 Å². The zero-order valence-electron chi connectivity index (χ0n) is 11.1. The highest BCUT2D eigenvalue weighted by molar-refractivity contribution is 7.80. The van der Waals surface area contributed by atoms with Gasteiger partial charge >= 0.3 is 0 Å². The first-order valence-corrected chi connectivity index (χ1v) is 6.82. The minimum absolute atomic E-state index is 0.126. The number of hydrogen-bond acceptors (Lipinski definition) is 3. The molecule has 1 aromatic heterocycles. The minimum Gasteiger partial charge on any atom is -0.456 e. The summed E-state index contributed by atoms with van der Waals surface area (Å²) in [6.45, 7) is 0. The van der Waals surface area contributed by atoms with Gasteiger partial charge in [-0.05, 0) is 24.4 Å². The van der Waals surface area contributed by atoms with E-state index in [0.717, 1.165) is 27.7 Å². The quantitative estimate of drug-likeness (QED) is 0.563. The van der Waals surface area contributed by atoms with Gasteiger partial charge in [0, 0.05) is 17.0 Å². The molecule has 0 aliphatic heterocycles. The Kier molecular flexibility index (Phi) is 3.66. The number of fused-ring (bicyclic) bond motifs is 1. The molecule has 0 spiro atoms. The van der Waals surface area contributed by atoms with Crippen LogP contribution in [0.2, 0.25) is 0 Å². The lowest BCUT2D eigenvalue weighted by molar-refractivity contribution is 0.618. The van der Waals surface area contributed by atoms with Crippen LogP contribution in [0.1, 0.15) is 0 Å². The number of nitrogens with one attached hydrogen (secondary N) is 1. The van der Waals surface area contributed by atoms with Crippen molar-refractivity contribution in [3.8, 4) is 11.3 Å². The smallest absolute Gasteiger partial charge is 0.184 e. The molecule has 0 saturated heterocycles. The fourth-order valence-corrected chi connectivity index (χ4v) is 2.12. The molecular formula is C16H13N3OS. The fourth-order valence-electron chi connectivity index (χ4n) is 2.07. The van der Waals surface area contributed by atoms with E-state index in [2.05, 4.69) is 10.5 Å². The van der Waals surface area contributed by atoms with Crippen LogP contribution in [0.15, 0.2) is 70.2 Å². The summed E-state index contributed by atoms with van der Waals surface area (Å²) in [5, 5.41) is 5.99. The van der Waals surface area contributed by atoms with Gasteiger partial charge in [-0.1, -0.05) is 42.5 Å². The molecule has 0 aliphatic rings. The van der Waals surface area contributed by atoms with Gasteiger partial charge in [-0.15, -0.1) is 0 Å². The van der Waals surface area contributed by atoms with Crippen molar-refractivity contribution in [2.24, 2.45) is 10.8 Å². The zero-order valence-corrected chi connectivity index (χ0v) is 11.9. The first-order valence-electron chi connectivity index (χ1n) is 6.41. The van der Waals surface area contributed by atoms with Crippen LogP contribution in [-0.2, 0) is 0 Å². The SMILES string of the molecule is NC(=S)NN=c1cc(-c2ccccc2)oc2ccccc12. The first kappa shape index (κ1) is 13.3. The summed E-state index contributed by atoms with van der Waals surface area (Å²) in [5.41, 5.74) is 9.80. The summed E-state index contributed by atoms with van der Waals surface area (Å²) in [4.78, 5) is 0. The van der Waals surface area contributed by atoms with Crippen molar-refractivity contribution in [3.05, 3.63) is 66.0 Å². The van der Waals surface area contributed by atoms with Crippen molar-refractivity contribution in [2.75, 3.05) is 0 Å². The molecule has 2 aromatic carbocycles. The monoisotopic (exact) mass is 295 g/mol. The van der Waals surface area contributed by atoms with Crippen LogP contribution in [0.4, 0.5) is 0 Å². The van der Waals surface area contributed by atoms with Crippen LogP contribution in [0, 0.1) is 0 Å². The van der Waals surface area contributed by atoms with Gasteiger partial charge in [0.2, 0.25) is 0 Å². The highest BCUT2D eigenvalue weighted by Crippen LogP contribution is 2.21. The van der Waals surface area contributed by atoms with Crippen LogP contribution in [0.3, 0.4) is 0 Å². The Labute approximate surface area is 126 Å². The number of nitrogens with zero attached hydrogens (tertiary/aromatic N) is 1. The van der Waals surface area contributed by atoms with Crippen LogP contribution in [0.25, 0.3) is 22.3 Å². The Bertz CT molecular complexity index is 856. The van der Waals surface area contributed by atoms with Crippen LogP contribution in [-0.4, -0.2) is 5.11 Å². The number of benzene rings is 2. The largest absolute Gasteiger partial charge is 0.456 e. The summed E-state index contributed by atoms with van der Waals surface area (Å²) in [5.74, 6) is 0.734. The second-order valence-corrected chi connectivity index (χ2v) is 4.89. The first-order chi connectivity index (χ1) is 10.2. The Morgan fingerprint density at radius 2 is 1.76 bits per heavy atom. The standard InChI is InChI=1S/C16H13N3OS/c17-16(21)19-18-13-10-15(11-6-2-1-3-7-11)20-14-9-5-4-8-12(13)14/h1-10H,(H3,17,19,21). The molecule has 3 rings (SSSR count). The normalized spacial score (nSPS) is 11.5. The molecule has 104 valence electrons. The van der Waals surface area contributed by atoms with Crippen molar-refractivity contribution >= 4 is 28.3 Å². The van der Waals surface area contributed by atoms with Gasteiger partial charge in [-0.3, -0.25) is 5.43 Å². The molecule has 0 radical (unpaired) electrons. The molecule has 0 aliphatic carbocycles. The number of para-hydroxylation sites is 1. The average Bonchev–Trinajstić information content (AvgIpc) is 2.53. The topological polar surface area (TPSA) is 63.5 Å². The lowest BCUT2D eigenvalue weighted by Gasteiger charge is -2.05. The number of thiocarbonyl (C=S) groups is 1. The molecular weight excluding hydrogens is 282 g/mol. The molecule has 0 bridgehead atoms. The summed E-state index contributed by atoms with van der Waals surface area (Å²) in [7, 11) is 0. The van der Waals surface area contributed by atoms with Crippen LogP contribution >= 0.6 is 12.2 Å². The second kappa shape index (κ2) is 5.76. The Morgan fingerprint density at radius 1 is 1.05 bits per heavy atom. The van der Waals surface area contributed by atoms with E-state index < -0.39 is 0 Å². The van der Waals surface area contributed by atoms with Gasteiger partial charge < -0.3 is 10.2 Å². The number of nitrogens with two attached hydrogens (primary N) is 1. The minimum atomic E-state index is 0.126. The maximum Gasteiger partial charge on any atom is 0.184 e. The van der Waals surface area contributed by atoms with Crippen molar-refractivity contribution in [1.29, 1.82) is 0 Å². The van der Waals surface area contributed by atoms with Gasteiger partial charge in [0.05, 0.1) is 5.36 Å². The maximum atomic E-state index is 5.94. The van der Waals surface area contributed by atoms with E-state index in [-0.39, 0.29) is 5.11 Å². The molecule has 0 unspecified atom stereocenters. The van der Waals surface area contributed by atoms with Crippen LogP contribution in [0.5, 0.6) is 0 Å². The number of rotatable bonds is 2. The third-order valence-electron chi connectivity index (χ3n) is 3.00. The molecule has 0 amide bonds. The van der Waals surface area contributed by atoms with Gasteiger partial charge in [-0.2, -0.15) is 5.10 Å². The molecule has 4 nitrogen and oxygen atoms in total. The molecule has 0 fully saturated rings. The summed E-state index contributed by atoms with van der Waals surface area (Å²) in [6, 6.07) is 19.4. The molecule has 21 heavy (non-hydrogen) atoms. The summed E-state index contributed by atoms with van der Waals surface area (Å²) < 4.78 is 5.94. The zero-order chi connectivity index (χ0) is 14.7. The van der Waals surface area contributed by atoms with Gasteiger partial charge in [0.15, 0.2) is 5.11 Å². The maximum absolute atomic E-state index is 5.94. The summed E-state index contributed by atoms with van der Waals surface area (Å²) >= 11 is 4.79. The van der Waals surface area contributed by atoms with Gasteiger partial charge in [-0.25, -0.2) is 0 Å². The molecule has 1 heterocycles. The van der Waals surface area contributed by atoms with Gasteiger partial charge in [0.1, 0.15) is 11.3 Å². The average molecular weight is 295 g/mol. The van der Waals surface area contributed by atoms with E-state index in [4.69, 9.17) is 22.4 Å². The third kappa shape index (κ3) is 2.93. The molecule has 3 N–H and O–H groups in total.